The first-order chi connectivity index (χ1) is 12.1. The molecule has 0 spiro atoms. The molecule has 0 unspecified atom stereocenters. The fourth-order valence-electron chi connectivity index (χ4n) is 6.61. The van der Waals surface area contributed by atoms with E-state index in [4.69, 9.17) is 0 Å². The van der Waals surface area contributed by atoms with E-state index in [0.29, 0.717) is 11.5 Å². The number of rotatable bonds is 7. The zero-order valence-electron chi connectivity index (χ0n) is 16.4. The van der Waals surface area contributed by atoms with Crippen LogP contribution in [0.2, 0.25) is 0 Å². The van der Waals surface area contributed by atoms with Crippen LogP contribution in [0.5, 0.6) is 0 Å². The van der Waals surface area contributed by atoms with Crippen LogP contribution in [0.25, 0.3) is 0 Å². The minimum atomic E-state index is 0.607. The van der Waals surface area contributed by atoms with E-state index >= 15 is 0 Å². The van der Waals surface area contributed by atoms with Gasteiger partial charge in [-0.25, -0.2) is 0 Å². The number of hydrogen-bond acceptors (Lipinski definition) is 2. The van der Waals surface area contributed by atoms with Gasteiger partial charge in [-0.05, 0) is 100 Å². The van der Waals surface area contributed by atoms with E-state index in [0.717, 1.165) is 37.4 Å². The second kappa shape index (κ2) is 6.95. The molecule has 138 valence electrons. The summed E-state index contributed by atoms with van der Waals surface area (Å²) in [5.41, 5.74) is 3.38. The Morgan fingerprint density at radius 3 is 1.96 bits per heavy atom. The number of hydrogen-bond donors (Lipinski definition) is 1. The Bertz CT molecular complexity index is 537. The van der Waals surface area contributed by atoms with Crippen LogP contribution < -0.4 is 10.2 Å². The molecule has 0 saturated heterocycles. The van der Waals surface area contributed by atoms with E-state index in [2.05, 4.69) is 55.3 Å². The molecule has 4 aliphatic carbocycles. The van der Waals surface area contributed by atoms with Crippen LogP contribution in [0.4, 0.5) is 5.69 Å². The summed E-state index contributed by atoms with van der Waals surface area (Å²) in [7, 11) is 0. The van der Waals surface area contributed by atoms with Gasteiger partial charge in [0.15, 0.2) is 0 Å². The van der Waals surface area contributed by atoms with Gasteiger partial charge in [0.25, 0.3) is 0 Å². The molecule has 1 aromatic rings. The number of anilines is 1. The van der Waals surface area contributed by atoms with Gasteiger partial charge >= 0.3 is 0 Å². The fourth-order valence-corrected chi connectivity index (χ4v) is 6.61. The molecule has 0 heterocycles. The Morgan fingerprint density at radius 1 is 0.960 bits per heavy atom. The highest BCUT2D eigenvalue weighted by atomic mass is 15.1. The van der Waals surface area contributed by atoms with Gasteiger partial charge in [-0.2, -0.15) is 0 Å². The Hall–Kier alpha value is -1.02. The topological polar surface area (TPSA) is 15.3 Å². The lowest BCUT2D eigenvalue weighted by molar-refractivity contribution is -0.0706. The SMILES string of the molecule is CCN(CC)c1ccc(CN[C@H](C)C23CC4CC(CC(C4)C2)C3)cc1. The molecule has 1 N–H and O–H groups in total. The lowest BCUT2D eigenvalue weighted by Crippen LogP contribution is -2.54. The van der Waals surface area contributed by atoms with Crippen molar-refractivity contribution in [3.8, 4) is 0 Å². The summed E-state index contributed by atoms with van der Waals surface area (Å²) in [6.45, 7) is 10.1. The first-order valence-electron chi connectivity index (χ1n) is 10.7. The zero-order valence-corrected chi connectivity index (χ0v) is 16.4. The summed E-state index contributed by atoms with van der Waals surface area (Å²) < 4.78 is 0. The third-order valence-electron chi connectivity index (χ3n) is 7.68. The van der Waals surface area contributed by atoms with Crippen LogP contribution in [0.1, 0.15) is 64.9 Å². The van der Waals surface area contributed by atoms with Gasteiger partial charge in [-0.3, -0.25) is 0 Å². The van der Waals surface area contributed by atoms with Crippen LogP contribution in [-0.2, 0) is 6.54 Å². The molecule has 0 amide bonds. The van der Waals surface area contributed by atoms with Crippen molar-refractivity contribution in [1.82, 2.24) is 5.32 Å². The zero-order chi connectivity index (χ0) is 17.4. The molecule has 0 aliphatic heterocycles. The summed E-state index contributed by atoms with van der Waals surface area (Å²) in [5, 5.41) is 3.92. The van der Waals surface area contributed by atoms with E-state index in [1.807, 2.05) is 0 Å². The maximum Gasteiger partial charge on any atom is 0.0366 e. The normalized spacial score (nSPS) is 34.3. The highest BCUT2D eigenvalue weighted by molar-refractivity contribution is 5.47. The molecule has 4 aliphatic rings. The van der Waals surface area contributed by atoms with Gasteiger partial charge in [0.1, 0.15) is 0 Å². The lowest BCUT2D eigenvalue weighted by atomic mass is 9.48. The summed E-state index contributed by atoms with van der Waals surface area (Å²) in [6.07, 6.45) is 9.10. The monoisotopic (exact) mass is 340 g/mol. The third kappa shape index (κ3) is 3.35. The Kier molecular flexibility index (Phi) is 4.83. The number of nitrogens with zero attached hydrogens (tertiary/aromatic N) is 1. The fraction of sp³-hybridized carbons (Fsp3) is 0.739. The van der Waals surface area contributed by atoms with Crippen molar-refractivity contribution in [2.24, 2.45) is 23.2 Å². The first-order valence-corrected chi connectivity index (χ1v) is 10.7. The van der Waals surface area contributed by atoms with Crippen LogP contribution in [0.3, 0.4) is 0 Å². The van der Waals surface area contributed by atoms with E-state index in [9.17, 15) is 0 Å². The molecule has 4 bridgehead atoms. The quantitative estimate of drug-likeness (QED) is 0.731. The first kappa shape index (κ1) is 17.4. The van der Waals surface area contributed by atoms with Gasteiger partial charge in [0.2, 0.25) is 0 Å². The minimum absolute atomic E-state index is 0.607. The molecule has 2 heteroatoms. The predicted molar refractivity (Wildman–Crippen MR) is 107 cm³/mol. The van der Waals surface area contributed by atoms with Crippen LogP contribution in [0, 0.1) is 23.2 Å². The maximum absolute atomic E-state index is 3.92. The van der Waals surface area contributed by atoms with Crippen LogP contribution in [-0.4, -0.2) is 19.1 Å². The molecule has 0 aromatic heterocycles. The van der Waals surface area contributed by atoms with Crippen molar-refractivity contribution in [2.75, 3.05) is 18.0 Å². The highest BCUT2D eigenvalue weighted by Crippen LogP contribution is 2.61. The summed E-state index contributed by atoms with van der Waals surface area (Å²) in [6, 6.07) is 9.86. The van der Waals surface area contributed by atoms with Crippen molar-refractivity contribution < 1.29 is 0 Å². The minimum Gasteiger partial charge on any atom is -0.372 e. The van der Waals surface area contributed by atoms with E-state index in [-0.39, 0.29) is 0 Å². The largest absolute Gasteiger partial charge is 0.372 e. The second-order valence-corrected chi connectivity index (χ2v) is 9.22. The van der Waals surface area contributed by atoms with Gasteiger partial charge in [0.05, 0.1) is 0 Å². The average Bonchev–Trinajstić information content (AvgIpc) is 2.60. The van der Waals surface area contributed by atoms with Gasteiger partial charge in [0, 0.05) is 31.4 Å². The molecule has 0 radical (unpaired) electrons. The van der Waals surface area contributed by atoms with Gasteiger partial charge < -0.3 is 10.2 Å². The molecular formula is C23H36N2. The smallest absolute Gasteiger partial charge is 0.0366 e. The Morgan fingerprint density at radius 2 is 1.48 bits per heavy atom. The van der Waals surface area contributed by atoms with Crippen molar-refractivity contribution in [1.29, 1.82) is 0 Å². The van der Waals surface area contributed by atoms with Crippen LogP contribution >= 0.6 is 0 Å². The highest BCUT2D eigenvalue weighted by Gasteiger charge is 2.52. The van der Waals surface area contributed by atoms with E-state index in [1.165, 1.54) is 49.8 Å². The van der Waals surface area contributed by atoms with Crippen molar-refractivity contribution in [3.05, 3.63) is 29.8 Å². The molecular weight excluding hydrogens is 304 g/mol. The van der Waals surface area contributed by atoms with Crippen molar-refractivity contribution >= 4 is 5.69 Å². The Balaban J connectivity index is 1.37. The van der Waals surface area contributed by atoms with Crippen molar-refractivity contribution in [3.63, 3.8) is 0 Å². The van der Waals surface area contributed by atoms with Crippen LogP contribution in [0.15, 0.2) is 24.3 Å². The lowest BCUT2D eigenvalue weighted by Gasteiger charge is -2.59. The predicted octanol–water partition coefficient (Wildman–Crippen LogP) is 5.23. The average molecular weight is 341 g/mol. The molecule has 25 heavy (non-hydrogen) atoms. The third-order valence-corrected chi connectivity index (χ3v) is 7.68. The van der Waals surface area contributed by atoms with Gasteiger partial charge in [-0.15, -0.1) is 0 Å². The molecule has 4 fully saturated rings. The summed E-state index contributed by atoms with van der Waals surface area (Å²) in [4.78, 5) is 2.41. The molecule has 1 aromatic carbocycles. The summed E-state index contributed by atoms with van der Waals surface area (Å²) in [5.74, 6) is 3.14. The second-order valence-electron chi connectivity index (χ2n) is 9.22. The standard InChI is InChI=1S/C23H36N2/c1-4-25(5-2)22-8-6-18(7-9-22)16-24-17(3)23-13-19-10-20(14-23)12-21(11-19)15-23/h6-9,17,19-21,24H,4-5,10-16H2,1-3H3/t17-,19?,20?,21?,23?/m1/s1. The van der Waals surface area contributed by atoms with Crippen molar-refractivity contribution in [2.45, 2.75) is 71.9 Å². The molecule has 1 atom stereocenters. The van der Waals surface area contributed by atoms with Gasteiger partial charge in [-0.1, -0.05) is 12.1 Å². The maximum atomic E-state index is 3.92. The number of nitrogens with one attached hydrogen (secondary N) is 1. The number of benzene rings is 1. The van der Waals surface area contributed by atoms with E-state index in [1.54, 1.807) is 0 Å². The molecule has 4 saturated carbocycles. The van der Waals surface area contributed by atoms with E-state index < -0.39 is 0 Å². The Labute approximate surface area is 154 Å². The molecule has 2 nitrogen and oxygen atoms in total. The summed E-state index contributed by atoms with van der Waals surface area (Å²) >= 11 is 0. The molecule has 5 rings (SSSR count).